The van der Waals surface area contributed by atoms with Gasteiger partial charge in [-0.2, -0.15) is 0 Å². The van der Waals surface area contributed by atoms with Crippen molar-refractivity contribution in [3.05, 3.63) is 48.7 Å². The van der Waals surface area contributed by atoms with Gasteiger partial charge >= 0.3 is 0 Å². The molecule has 29 heavy (non-hydrogen) atoms. The summed E-state index contributed by atoms with van der Waals surface area (Å²) in [5.74, 6) is 0.425. The second kappa shape index (κ2) is 8.36. The fourth-order valence-electron chi connectivity index (χ4n) is 3.52. The standard InChI is InChI=1S/C22H25N5O2/c23-11-5-1-2-6-12-24-21-22-25-14-18(15-9-10-19(28)20(29)13-15)27(22)17-8-4-3-7-16(17)26-21/h3-4,7-10,13-14,28-29H,1-2,5-6,11-12,23H2,(H,24,26). The number of fused-ring (bicyclic) bond motifs is 3. The number of nitrogens with two attached hydrogens (primary N) is 1. The number of hydrogen-bond donors (Lipinski definition) is 4. The fourth-order valence-corrected chi connectivity index (χ4v) is 3.52. The van der Waals surface area contributed by atoms with Crippen LogP contribution in [-0.2, 0) is 0 Å². The lowest BCUT2D eigenvalue weighted by molar-refractivity contribution is 0.404. The molecule has 0 atom stereocenters. The molecule has 0 aliphatic carbocycles. The van der Waals surface area contributed by atoms with E-state index in [1.165, 1.54) is 6.07 Å². The summed E-state index contributed by atoms with van der Waals surface area (Å²) in [7, 11) is 0. The number of hydrogen-bond acceptors (Lipinski definition) is 6. The van der Waals surface area contributed by atoms with E-state index in [2.05, 4.69) is 10.3 Å². The minimum Gasteiger partial charge on any atom is -0.504 e. The molecule has 2 heterocycles. The smallest absolute Gasteiger partial charge is 0.181 e. The Morgan fingerprint density at radius 2 is 1.79 bits per heavy atom. The Morgan fingerprint density at radius 3 is 2.62 bits per heavy atom. The highest BCUT2D eigenvalue weighted by molar-refractivity contribution is 5.86. The van der Waals surface area contributed by atoms with E-state index in [1.54, 1.807) is 18.3 Å². The molecule has 0 saturated heterocycles. The highest BCUT2D eigenvalue weighted by atomic mass is 16.3. The van der Waals surface area contributed by atoms with Gasteiger partial charge in [-0.15, -0.1) is 0 Å². The molecule has 5 N–H and O–H groups in total. The first-order chi connectivity index (χ1) is 14.2. The minimum atomic E-state index is -0.161. The van der Waals surface area contributed by atoms with Crippen LogP contribution in [-0.4, -0.2) is 37.7 Å². The first kappa shape index (κ1) is 19.0. The Balaban J connectivity index is 1.73. The van der Waals surface area contributed by atoms with Crippen LogP contribution in [0.3, 0.4) is 0 Å². The number of aromatic hydroxyl groups is 2. The van der Waals surface area contributed by atoms with E-state index in [0.717, 1.165) is 72.5 Å². The predicted molar refractivity (Wildman–Crippen MR) is 115 cm³/mol. The molecular formula is C22H25N5O2. The molecule has 4 rings (SSSR count). The van der Waals surface area contributed by atoms with Crippen molar-refractivity contribution in [2.75, 3.05) is 18.4 Å². The molecule has 0 saturated carbocycles. The van der Waals surface area contributed by atoms with Gasteiger partial charge in [0.1, 0.15) is 0 Å². The number of nitrogens with zero attached hydrogens (tertiary/aromatic N) is 3. The Labute approximate surface area is 168 Å². The number of para-hydroxylation sites is 2. The van der Waals surface area contributed by atoms with Crippen molar-refractivity contribution in [1.29, 1.82) is 0 Å². The minimum absolute atomic E-state index is 0.147. The van der Waals surface area contributed by atoms with Gasteiger partial charge in [0.05, 0.1) is 22.9 Å². The summed E-state index contributed by atoms with van der Waals surface area (Å²) < 4.78 is 2.03. The van der Waals surface area contributed by atoms with Gasteiger partial charge in [-0.1, -0.05) is 25.0 Å². The number of rotatable bonds is 8. The molecule has 2 aromatic carbocycles. The van der Waals surface area contributed by atoms with Gasteiger partial charge in [-0.25, -0.2) is 9.97 Å². The molecule has 4 aromatic rings. The van der Waals surface area contributed by atoms with E-state index in [0.29, 0.717) is 0 Å². The Hall–Kier alpha value is -3.32. The highest BCUT2D eigenvalue weighted by Gasteiger charge is 2.15. The number of anilines is 1. The molecule has 2 aromatic heterocycles. The third-order valence-electron chi connectivity index (χ3n) is 5.02. The second-order valence-corrected chi connectivity index (χ2v) is 7.08. The maximum absolute atomic E-state index is 9.93. The van der Waals surface area contributed by atoms with Gasteiger partial charge in [-0.05, 0) is 49.7 Å². The van der Waals surface area contributed by atoms with Gasteiger partial charge < -0.3 is 21.3 Å². The number of phenolic OH excluding ortho intramolecular Hbond substituents is 2. The summed E-state index contributed by atoms with van der Waals surface area (Å²) in [6.45, 7) is 1.55. The van der Waals surface area contributed by atoms with E-state index >= 15 is 0 Å². The fraction of sp³-hybridized carbons (Fsp3) is 0.273. The Morgan fingerprint density at radius 1 is 0.966 bits per heavy atom. The van der Waals surface area contributed by atoms with Crippen molar-refractivity contribution in [2.45, 2.75) is 25.7 Å². The first-order valence-electron chi connectivity index (χ1n) is 9.91. The van der Waals surface area contributed by atoms with Crippen LogP contribution in [0.15, 0.2) is 48.7 Å². The van der Waals surface area contributed by atoms with Gasteiger partial charge in [0.25, 0.3) is 0 Å². The lowest BCUT2D eigenvalue weighted by Crippen LogP contribution is -2.07. The summed E-state index contributed by atoms with van der Waals surface area (Å²) in [5, 5.41) is 23.0. The van der Waals surface area contributed by atoms with Crippen molar-refractivity contribution in [2.24, 2.45) is 5.73 Å². The van der Waals surface area contributed by atoms with Gasteiger partial charge in [-0.3, -0.25) is 4.40 Å². The van der Waals surface area contributed by atoms with Crippen LogP contribution < -0.4 is 11.1 Å². The number of nitrogens with one attached hydrogen (secondary N) is 1. The van der Waals surface area contributed by atoms with E-state index < -0.39 is 0 Å². The normalized spacial score (nSPS) is 11.3. The number of phenols is 2. The molecule has 0 bridgehead atoms. The van der Waals surface area contributed by atoms with Crippen molar-refractivity contribution in [3.63, 3.8) is 0 Å². The quantitative estimate of drug-likeness (QED) is 0.268. The van der Waals surface area contributed by atoms with E-state index in [9.17, 15) is 10.2 Å². The molecule has 0 aliphatic rings. The maximum Gasteiger partial charge on any atom is 0.181 e. The van der Waals surface area contributed by atoms with Crippen LogP contribution >= 0.6 is 0 Å². The molecule has 150 valence electrons. The van der Waals surface area contributed by atoms with Crippen molar-refractivity contribution in [1.82, 2.24) is 14.4 Å². The number of aromatic nitrogens is 3. The zero-order chi connectivity index (χ0) is 20.2. The summed E-state index contributed by atoms with van der Waals surface area (Å²) in [4.78, 5) is 9.38. The molecule has 7 nitrogen and oxygen atoms in total. The molecule has 0 spiro atoms. The first-order valence-corrected chi connectivity index (χ1v) is 9.91. The van der Waals surface area contributed by atoms with Crippen LogP contribution in [0.5, 0.6) is 11.5 Å². The number of imidazole rings is 1. The summed E-state index contributed by atoms with van der Waals surface area (Å²) in [6, 6.07) is 12.7. The predicted octanol–water partition coefficient (Wildman–Crippen LogP) is 3.89. The van der Waals surface area contributed by atoms with Crippen molar-refractivity contribution < 1.29 is 10.2 Å². The second-order valence-electron chi connectivity index (χ2n) is 7.08. The molecule has 0 amide bonds. The van der Waals surface area contributed by atoms with Crippen LogP contribution in [0.2, 0.25) is 0 Å². The maximum atomic E-state index is 9.93. The molecule has 7 heteroatoms. The Bertz CT molecular complexity index is 1140. The lowest BCUT2D eigenvalue weighted by Gasteiger charge is -2.12. The van der Waals surface area contributed by atoms with Gasteiger partial charge in [0.15, 0.2) is 23.0 Å². The average Bonchev–Trinajstić information content (AvgIpc) is 3.18. The number of benzene rings is 2. The summed E-state index contributed by atoms with van der Waals surface area (Å²) in [5.41, 5.74) is 9.64. The molecular weight excluding hydrogens is 366 g/mol. The monoisotopic (exact) mass is 391 g/mol. The average molecular weight is 391 g/mol. The van der Waals surface area contributed by atoms with Crippen molar-refractivity contribution >= 4 is 22.5 Å². The highest BCUT2D eigenvalue weighted by Crippen LogP contribution is 2.33. The SMILES string of the molecule is NCCCCCCNc1nc2ccccc2n2c(-c3ccc(O)c(O)c3)cnc12. The van der Waals surface area contributed by atoms with Gasteiger partial charge in [0.2, 0.25) is 0 Å². The largest absolute Gasteiger partial charge is 0.504 e. The van der Waals surface area contributed by atoms with E-state index in [4.69, 9.17) is 10.7 Å². The molecule has 0 aliphatic heterocycles. The number of unbranched alkanes of at least 4 members (excludes halogenated alkanes) is 3. The van der Waals surface area contributed by atoms with Crippen molar-refractivity contribution in [3.8, 4) is 22.8 Å². The van der Waals surface area contributed by atoms with E-state index in [1.807, 2.05) is 28.7 Å². The Kier molecular flexibility index (Phi) is 5.48. The van der Waals surface area contributed by atoms with Crippen LogP contribution in [0, 0.1) is 0 Å². The third kappa shape index (κ3) is 3.82. The van der Waals surface area contributed by atoms with E-state index in [-0.39, 0.29) is 11.5 Å². The zero-order valence-corrected chi connectivity index (χ0v) is 16.2. The molecule has 0 fully saturated rings. The van der Waals surface area contributed by atoms with Crippen LogP contribution in [0.1, 0.15) is 25.7 Å². The zero-order valence-electron chi connectivity index (χ0n) is 16.2. The van der Waals surface area contributed by atoms with Gasteiger partial charge in [0, 0.05) is 12.1 Å². The third-order valence-corrected chi connectivity index (χ3v) is 5.02. The van der Waals surface area contributed by atoms with Crippen LogP contribution in [0.4, 0.5) is 5.82 Å². The van der Waals surface area contributed by atoms with Crippen LogP contribution in [0.25, 0.3) is 27.9 Å². The molecule has 0 radical (unpaired) electrons. The lowest BCUT2D eigenvalue weighted by atomic mass is 10.1. The topological polar surface area (TPSA) is 109 Å². The summed E-state index contributed by atoms with van der Waals surface area (Å²) >= 11 is 0. The molecule has 0 unspecified atom stereocenters. The summed E-state index contributed by atoms with van der Waals surface area (Å²) in [6.07, 6.45) is 6.13.